The van der Waals surface area contributed by atoms with Crippen LogP contribution in [0, 0.1) is 53.3 Å². The molecule has 21 heteroatoms. The molecule has 5 aromatic heterocycles. The van der Waals surface area contributed by atoms with Gasteiger partial charge >= 0.3 is 0 Å². The van der Waals surface area contributed by atoms with Crippen molar-refractivity contribution in [3.63, 3.8) is 0 Å². The molecular weight excluding hydrogens is 1460 g/mol. The number of aromatic nitrogens is 10. The molecule has 0 bridgehead atoms. The lowest BCUT2D eigenvalue weighted by molar-refractivity contribution is -0.149. The monoisotopic (exact) mass is 1560 g/mol. The number of nitrogens with one attached hydrogen (secondary N) is 4. The summed E-state index contributed by atoms with van der Waals surface area (Å²) in [6, 6.07) is 40.6. The molecule has 0 radical (unpaired) electrons. The highest BCUT2D eigenvalue weighted by Gasteiger charge is 2.76. The molecule has 6 aromatic carbocycles. The minimum absolute atomic E-state index is 0.0180. The number of hydrogen-bond donors (Lipinski definition) is 5. The Hall–Kier alpha value is -8.53. The van der Waals surface area contributed by atoms with E-state index >= 15 is 9.59 Å². The number of piperidine rings is 1. The van der Waals surface area contributed by atoms with Gasteiger partial charge < -0.3 is 39.5 Å². The van der Waals surface area contributed by atoms with Gasteiger partial charge in [0.25, 0.3) is 0 Å². The number of thiol groups is 1. The number of aromatic amines is 4. The Morgan fingerprint density at radius 2 is 1.09 bits per heavy atom. The van der Waals surface area contributed by atoms with Crippen molar-refractivity contribution >= 4 is 115 Å². The molecule has 18 nitrogen and oxygen atoms in total. The second kappa shape index (κ2) is 27.0. The van der Waals surface area contributed by atoms with Crippen molar-refractivity contribution in [1.29, 1.82) is 0 Å². The Kier molecular flexibility index (Phi) is 17.3. The minimum atomic E-state index is -0.791. The normalized spacial score (nSPS) is 29.7. The molecule has 6 saturated heterocycles. The van der Waals surface area contributed by atoms with E-state index in [1.54, 1.807) is 0 Å². The fraction of sp³-hybridized carbons (Fsp3) is 0.500. The molecule has 10 fully saturated rings. The first-order chi connectivity index (χ1) is 54.7. The van der Waals surface area contributed by atoms with Crippen LogP contribution in [0.1, 0.15) is 193 Å². The van der Waals surface area contributed by atoms with Gasteiger partial charge in [-0.1, -0.05) is 109 Å². The third kappa shape index (κ3) is 11.9. The van der Waals surface area contributed by atoms with Gasteiger partial charge in [0.05, 0.1) is 77.6 Å². The zero-order valence-electron chi connectivity index (χ0n) is 65.8. The second-order valence-corrected chi connectivity index (χ2v) is 40.5. The van der Waals surface area contributed by atoms with Crippen molar-refractivity contribution in [1.82, 2.24) is 69.4 Å². The first kappa shape index (κ1) is 72.2. The van der Waals surface area contributed by atoms with E-state index in [0.717, 1.165) is 169 Å². The Bertz CT molecular complexity index is 5680. The van der Waals surface area contributed by atoms with Gasteiger partial charge in [-0.2, -0.15) is 0 Å². The largest absolute Gasteiger partial charge is 0.341 e. The summed E-state index contributed by atoms with van der Waals surface area (Å²) in [5.41, 5.74) is 15.6. The number of nitrogens with zero attached hydrogens (tertiary/aromatic N) is 10. The number of likely N-dealkylation sites (tertiary alicyclic amines) is 4. The number of fused-ring (bicyclic) bond motifs is 9. The highest BCUT2D eigenvalue weighted by molar-refractivity contribution is 8.09. The van der Waals surface area contributed by atoms with Crippen LogP contribution >= 0.6 is 36.2 Å². The zero-order valence-corrected chi connectivity index (χ0v) is 68.4. The zero-order chi connectivity index (χ0) is 76.9. The molecule has 4 amide bonds. The van der Waals surface area contributed by atoms with Gasteiger partial charge in [0.1, 0.15) is 28.2 Å². The quantitative estimate of drug-likeness (QED) is 0.0400. The van der Waals surface area contributed by atoms with Gasteiger partial charge in [0.2, 0.25) is 23.6 Å². The molecule has 11 aromatic rings. The summed E-state index contributed by atoms with van der Waals surface area (Å²) >= 11 is 8.86. The smallest absolute Gasteiger partial charge is 0.237 e. The first-order valence-corrected chi connectivity index (χ1v) is 44.6. The van der Waals surface area contributed by atoms with Gasteiger partial charge in [0.15, 0.2) is 5.82 Å². The van der Waals surface area contributed by atoms with Gasteiger partial charge in [-0.15, -0.1) is 36.2 Å². The molecule has 113 heavy (non-hydrogen) atoms. The van der Waals surface area contributed by atoms with E-state index < -0.39 is 4.87 Å². The summed E-state index contributed by atoms with van der Waals surface area (Å²) in [7, 11) is 0. The molecular formula is C92H102N14O4S3. The molecule has 21 rings (SSSR count). The number of carbonyl (C=O) groups is 4. The van der Waals surface area contributed by atoms with Gasteiger partial charge in [0, 0.05) is 70.7 Å². The lowest BCUT2D eigenvalue weighted by Crippen LogP contribution is -2.66. The molecule has 4 aliphatic carbocycles. The van der Waals surface area contributed by atoms with Crippen molar-refractivity contribution in [3.05, 3.63) is 145 Å². The van der Waals surface area contributed by atoms with Crippen LogP contribution in [-0.2, 0) is 29.5 Å². The third-order valence-corrected chi connectivity index (χ3v) is 34.1. The van der Waals surface area contributed by atoms with Crippen molar-refractivity contribution < 1.29 is 19.2 Å². The van der Waals surface area contributed by atoms with Crippen LogP contribution in [0.15, 0.2) is 121 Å². The van der Waals surface area contributed by atoms with E-state index in [0.29, 0.717) is 60.9 Å². The predicted molar refractivity (Wildman–Crippen MR) is 453 cm³/mol. The molecule has 4 saturated carbocycles. The number of imidazole rings is 4. The highest BCUT2D eigenvalue weighted by atomic mass is 32.2. The number of rotatable bonds is 18. The Morgan fingerprint density at radius 1 is 0.531 bits per heavy atom. The fourth-order valence-electron chi connectivity index (χ4n) is 22.5. The average Bonchev–Trinajstić information content (AvgIpc) is 1.49. The van der Waals surface area contributed by atoms with Crippen LogP contribution in [0.3, 0.4) is 0 Å². The number of thioether (sulfide) groups is 2. The van der Waals surface area contributed by atoms with Crippen molar-refractivity contribution in [2.45, 2.75) is 206 Å². The summed E-state index contributed by atoms with van der Waals surface area (Å²) in [5, 5.41) is 0.726. The van der Waals surface area contributed by atoms with Crippen molar-refractivity contribution in [3.8, 4) is 44.8 Å². The predicted octanol–water partition coefficient (Wildman–Crippen LogP) is 18.7. The maximum atomic E-state index is 15.2. The topological polar surface area (TPSA) is 222 Å². The summed E-state index contributed by atoms with van der Waals surface area (Å²) < 4.78 is -0.257. The maximum Gasteiger partial charge on any atom is 0.237 e. The molecule has 0 spiro atoms. The minimum Gasteiger partial charge on any atom is -0.341 e. The highest BCUT2D eigenvalue weighted by Crippen LogP contribution is 2.72. The van der Waals surface area contributed by atoms with Gasteiger partial charge in [-0.3, -0.25) is 19.2 Å². The number of carbonyl (C=O) groups excluding carboxylic acids is 4. The Balaban J connectivity index is 0.477. The Labute approximate surface area is 674 Å². The van der Waals surface area contributed by atoms with Crippen molar-refractivity contribution in [2.24, 2.45) is 53.3 Å². The van der Waals surface area contributed by atoms with Crippen LogP contribution < -0.4 is 0 Å². The second-order valence-electron chi connectivity index (χ2n) is 36.6. The fourth-order valence-corrected chi connectivity index (χ4v) is 25.7. The molecule has 15 atom stereocenters. The van der Waals surface area contributed by atoms with Crippen LogP contribution in [0.25, 0.3) is 99.8 Å². The van der Waals surface area contributed by atoms with E-state index in [-0.39, 0.29) is 90.8 Å². The Morgan fingerprint density at radius 3 is 1.77 bits per heavy atom. The number of H-pyrrole nitrogens is 4. The summed E-state index contributed by atoms with van der Waals surface area (Å²) in [4.78, 5) is 111. The van der Waals surface area contributed by atoms with Crippen LogP contribution in [0.5, 0.6) is 0 Å². The molecule has 11 heterocycles. The molecule has 582 valence electrons. The lowest BCUT2D eigenvalue weighted by atomic mass is 9.58. The van der Waals surface area contributed by atoms with E-state index in [9.17, 15) is 9.59 Å². The summed E-state index contributed by atoms with van der Waals surface area (Å²) in [5.74, 6) is 8.08. The average molecular weight is 1560 g/mol. The van der Waals surface area contributed by atoms with Gasteiger partial charge in [-0.05, 0) is 239 Å². The van der Waals surface area contributed by atoms with E-state index in [1.807, 2.05) is 59.7 Å². The van der Waals surface area contributed by atoms with Crippen LogP contribution in [0.4, 0.5) is 0 Å². The SMILES string of the molecule is CC(C)C(C)C(=O)N1CCCC1(S)c1nc2ccc(-c3ccc4nc(-c5ccc6nc(C7CCCN7C(=O)C7SC7(C)C(C)CC7CC(c8nc9ccc(-c%10ccc(-c%11ccc%12nc(C%13%14CCCN(C(=O)C(C)C%15CCCC%15)C%13C%13CC%13%14)[nH]c%12c%11)cc%10)cc9[nH]8)N(C(=O)C8SC8(C)C8CCCC8)C7)[nH]c6c5)ncc4c3)cc2[nH]1. The van der Waals surface area contributed by atoms with E-state index in [4.69, 9.17) is 42.5 Å². The first-order valence-electron chi connectivity index (χ1n) is 42.4. The van der Waals surface area contributed by atoms with Crippen LogP contribution in [0.2, 0.25) is 0 Å². The molecule has 4 N–H and O–H groups in total. The van der Waals surface area contributed by atoms with E-state index in [2.05, 4.69) is 173 Å². The van der Waals surface area contributed by atoms with Crippen LogP contribution in [-0.4, -0.2) is 145 Å². The summed E-state index contributed by atoms with van der Waals surface area (Å²) in [6.45, 7) is 18.3. The standard InChI is InChI=1S/C92H102N14O4S3/c1-49(2)51(4)84(108)106-38-14-35-92(106,111)88-100-70-32-27-60(44-74(70)102-88)57-24-29-66-62(41-57)47-93-80(94-66)61-28-33-68-72(45-61)97-81(95-68)75-19-12-36-103(75)85(109)78-89(6,112-78)50(3)39-53-40-76(105(48-53)86(110)79-90(7,113-79)63-17-10-11-18-63)82-96-67-30-25-58(42-71(67)98-82)55-20-22-56(23-21-55)59-26-31-69-73(43-59)101-87(99-69)91-34-13-37-104(77(91)64-46-65(64)91)83(107)52(5)54-15-8-9-16-54/h20-33,41-45,47,49-54,63-65,75-79,111H,8-19,34-40,46,48H2,1-7H3,(H,95,97)(H,96,98)(H,99,101)(H,100,102). The number of benzene rings is 6. The molecule has 15 unspecified atom stereocenters. The third-order valence-electron chi connectivity index (χ3n) is 29.8. The van der Waals surface area contributed by atoms with E-state index in [1.165, 1.54) is 57.8 Å². The van der Waals surface area contributed by atoms with Gasteiger partial charge in [-0.25, -0.2) is 29.9 Å². The molecule has 6 aliphatic heterocycles. The van der Waals surface area contributed by atoms with Crippen molar-refractivity contribution in [2.75, 3.05) is 26.2 Å². The maximum absolute atomic E-state index is 15.2. The number of hydrogen-bond acceptors (Lipinski definition) is 13. The number of amides is 4. The molecule has 10 aliphatic rings. The summed E-state index contributed by atoms with van der Waals surface area (Å²) in [6.07, 6.45) is 20.1. The lowest BCUT2D eigenvalue weighted by Gasteiger charge is -2.56.